The molecule has 28 heavy (non-hydrogen) atoms. The van der Waals surface area contributed by atoms with Gasteiger partial charge in [-0.25, -0.2) is 14.2 Å². The maximum absolute atomic E-state index is 14.4. The van der Waals surface area contributed by atoms with E-state index in [0.29, 0.717) is 31.2 Å². The van der Waals surface area contributed by atoms with Gasteiger partial charge in [-0.2, -0.15) is 0 Å². The molecule has 1 saturated carbocycles. The Morgan fingerprint density at radius 2 is 2.18 bits per heavy atom. The van der Waals surface area contributed by atoms with Crippen molar-refractivity contribution in [3.05, 3.63) is 64.0 Å². The van der Waals surface area contributed by atoms with E-state index in [1.807, 2.05) is 13.0 Å². The third kappa shape index (κ3) is 3.83. The third-order valence-corrected chi connectivity index (χ3v) is 5.39. The highest BCUT2D eigenvalue weighted by molar-refractivity contribution is 5.88. The summed E-state index contributed by atoms with van der Waals surface area (Å²) in [5.41, 5.74) is 5.32. The standard InChI is InChI=1S/C22H23FN2O3/c1-13-16(9-17(23)11-18(13)14-5-7-28-8-6-14)10-19-21(22(26)27-2)25-20(12-24-19)15-3-4-15/h5,9,11-12,15H,3-4,6-8,10H2,1-2H3. The van der Waals surface area contributed by atoms with E-state index in [-0.39, 0.29) is 11.5 Å². The number of nitrogens with zero attached hydrogens (tertiary/aromatic N) is 2. The molecule has 0 amide bonds. The zero-order valence-electron chi connectivity index (χ0n) is 16.1. The molecule has 4 rings (SSSR count). The summed E-state index contributed by atoms with van der Waals surface area (Å²) in [6.07, 6.45) is 6.95. The fourth-order valence-corrected chi connectivity index (χ4v) is 3.60. The Morgan fingerprint density at radius 1 is 1.36 bits per heavy atom. The van der Waals surface area contributed by atoms with Crippen molar-refractivity contribution in [3.8, 4) is 0 Å². The van der Waals surface area contributed by atoms with Crippen LogP contribution in [-0.4, -0.2) is 36.3 Å². The monoisotopic (exact) mass is 382 g/mol. The van der Waals surface area contributed by atoms with Gasteiger partial charge in [-0.1, -0.05) is 6.08 Å². The minimum atomic E-state index is -0.508. The number of hydrogen-bond acceptors (Lipinski definition) is 5. The second-order valence-electron chi connectivity index (χ2n) is 7.32. The summed E-state index contributed by atoms with van der Waals surface area (Å²) in [4.78, 5) is 21.3. The topological polar surface area (TPSA) is 61.3 Å². The molecule has 0 spiro atoms. The Kier molecular flexibility index (Phi) is 5.22. The van der Waals surface area contributed by atoms with Gasteiger partial charge in [-0.15, -0.1) is 0 Å². The first-order chi connectivity index (χ1) is 13.6. The summed E-state index contributed by atoms with van der Waals surface area (Å²) in [5.74, 6) is -0.426. The van der Waals surface area contributed by atoms with Crippen LogP contribution in [0.4, 0.5) is 4.39 Å². The largest absolute Gasteiger partial charge is 0.464 e. The molecule has 6 heteroatoms. The molecule has 5 nitrogen and oxygen atoms in total. The summed E-state index contributed by atoms with van der Waals surface area (Å²) in [6.45, 7) is 3.16. The number of carbonyl (C=O) groups excluding carboxylic acids is 1. The van der Waals surface area contributed by atoms with Crippen LogP contribution in [0.3, 0.4) is 0 Å². The third-order valence-electron chi connectivity index (χ3n) is 5.39. The highest BCUT2D eigenvalue weighted by Gasteiger charge is 2.28. The Morgan fingerprint density at radius 3 is 2.86 bits per heavy atom. The molecule has 0 bridgehead atoms. The summed E-state index contributed by atoms with van der Waals surface area (Å²) in [6, 6.07) is 3.08. The van der Waals surface area contributed by atoms with Crippen molar-refractivity contribution >= 4 is 11.5 Å². The minimum Gasteiger partial charge on any atom is -0.464 e. The Labute approximate surface area is 163 Å². The number of carbonyl (C=O) groups is 1. The fraction of sp³-hybridized carbons (Fsp3) is 0.409. The summed E-state index contributed by atoms with van der Waals surface area (Å²) in [5, 5.41) is 0. The molecule has 1 aromatic heterocycles. The summed E-state index contributed by atoms with van der Waals surface area (Å²) < 4.78 is 24.7. The van der Waals surface area contributed by atoms with Crippen molar-refractivity contribution in [2.75, 3.05) is 20.3 Å². The first kappa shape index (κ1) is 18.7. The van der Waals surface area contributed by atoms with Gasteiger partial charge in [0.2, 0.25) is 0 Å². The molecule has 0 radical (unpaired) electrons. The van der Waals surface area contributed by atoms with Gasteiger partial charge in [0.1, 0.15) is 5.82 Å². The van der Waals surface area contributed by atoms with Crippen LogP contribution in [-0.2, 0) is 15.9 Å². The fourth-order valence-electron chi connectivity index (χ4n) is 3.60. The maximum atomic E-state index is 14.4. The van der Waals surface area contributed by atoms with Crippen LogP contribution in [0.25, 0.3) is 5.57 Å². The predicted octanol–water partition coefficient (Wildman–Crippen LogP) is 3.98. The Hall–Kier alpha value is -2.60. The number of esters is 1. The summed E-state index contributed by atoms with van der Waals surface area (Å²) in [7, 11) is 1.33. The minimum absolute atomic E-state index is 0.224. The van der Waals surface area contributed by atoms with E-state index in [1.54, 1.807) is 12.3 Å². The van der Waals surface area contributed by atoms with Gasteiger partial charge < -0.3 is 9.47 Å². The maximum Gasteiger partial charge on any atom is 0.358 e. The van der Waals surface area contributed by atoms with Gasteiger partial charge >= 0.3 is 5.97 Å². The predicted molar refractivity (Wildman–Crippen MR) is 103 cm³/mol. The van der Waals surface area contributed by atoms with Gasteiger partial charge in [-0.05, 0) is 60.6 Å². The molecule has 1 aromatic carbocycles. The van der Waals surface area contributed by atoms with Gasteiger partial charge in [0.25, 0.3) is 0 Å². The second-order valence-corrected chi connectivity index (χ2v) is 7.32. The van der Waals surface area contributed by atoms with E-state index in [9.17, 15) is 9.18 Å². The van der Waals surface area contributed by atoms with Gasteiger partial charge in [-0.3, -0.25) is 4.98 Å². The van der Waals surface area contributed by atoms with Crippen LogP contribution in [0.2, 0.25) is 0 Å². The highest BCUT2D eigenvalue weighted by Crippen LogP contribution is 2.39. The molecule has 0 atom stereocenters. The van der Waals surface area contributed by atoms with E-state index in [4.69, 9.17) is 9.47 Å². The van der Waals surface area contributed by atoms with Gasteiger partial charge in [0.15, 0.2) is 5.69 Å². The lowest BCUT2D eigenvalue weighted by atomic mass is 9.91. The average molecular weight is 382 g/mol. The highest BCUT2D eigenvalue weighted by atomic mass is 19.1. The van der Waals surface area contributed by atoms with Crippen LogP contribution < -0.4 is 0 Å². The zero-order valence-corrected chi connectivity index (χ0v) is 16.1. The van der Waals surface area contributed by atoms with Gasteiger partial charge in [0, 0.05) is 18.5 Å². The number of benzene rings is 1. The normalized spacial score (nSPS) is 16.6. The van der Waals surface area contributed by atoms with E-state index < -0.39 is 5.97 Å². The molecule has 2 aromatic rings. The van der Waals surface area contributed by atoms with Gasteiger partial charge in [0.05, 0.1) is 31.7 Å². The van der Waals surface area contributed by atoms with Crippen molar-refractivity contribution < 1.29 is 18.7 Å². The molecular formula is C22H23FN2O3. The Bertz CT molecular complexity index is 951. The van der Waals surface area contributed by atoms with Crippen LogP contribution >= 0.6 is 0 Å². The average Bonchev–Trinajstić information content (AvgIpc) is 3.56. The molecule has 2 heterocycles. The van der Waals surface area contributed by atoms with Crippen molar-refractivity contribution in [2.45, 2.75) is 38.5 Å². The molecule has 1 aliphatic carbocycles. The van der Waals surface area contributed by atoms with E-state index >= 15 is 0 Å². The molecule has 1 fully saturated rings. The van der Waals surface area contributed by atoms with E-state index in [0.717, 1.165) is 47.2 Å². The molecule has 0 saturated heterocycles. The van der Waals surface area contributed by atoms with E-state index in [1.165, 1.54) is 13.2 Å². The molecule has 146 valence electrons. The van der Waals surface area contributed by atoms with Crippen LogP contribution in [0.15, 0.2) is 24.4 Å². The smallest absolute Gasteiger partial charge is 0.358 e. The Balaban J connectivity index is 1.72. The molecule has 1 aliphatic heterocycles. The number of methoxy groups -OCH3 is 1. The van der Waals surface area contributed by atoms with Crippen LogP contribution in [0.5, 0.6) is 0 Å². The first-order valence-corrected chi connectivity index (χ1v) is 9.57. The SMILES string of the molecule is COC(=O)c1nc(C2CC2)cnc1Cc1cc(F)cc(C2=CCOCC2)c1C. The van der Waals surface area contributed by atoms with Crippen molar-refractivity contribution in [1.29, 1.82) is 0 Å². The molecule has 2 aliphatic rings. The number of halogens is 1. The van der Waals surface area contributed by atoms with Crippen molar-refractivity contribution in [1.82, 2.24) is 9.97 Å². The molecule has 0 unspecified atom stereocenters. The van der Waals surface area contributed by atoms with Crippen LogP contribution in [0, 0.1) is 12.7 Å². The van der Waals surface area contributed by atoms with Crippen LogP contribution in [0.1, 0.15) is 63.7 Å². The zero-order chi connectivity index (χ0) is 19.7. The lowest BCUT2D eigenvalue weighted by Gasteiger charge is -2.18. The first-order valence-electron chi connectivity index (χ1n) is 9.57. The number of hydrogen-bond donors (Lipinski definition) is 0. The lowest BCUT2D eigenvalue weighted by Crippen LogP contribution is -2.13. The number of ether oxygens (including phenoxy) is 2. The van der Waals surface area contributed by atoms with E-state index in [2.05, 4.69) is 9.97 Å². The number of rotatable bonds is 5. The second kappa shape index (κ2) is 7.80. The van der Waals surface area contributed by atoms with Crippen molar-refractivity contribution in [2.24, 2.45) is 0 Å². The summed E-state index contributed by atoms with van der Waals surface area (Å²) >= 11 is 0. The molecule has 0 N–H and O–H groups in total. The van der Waals surface area contributed by atoms with Crippen molar-refractivity contribution in [3.63, 3.8) is 0 Å². The molecular weight excluding hydrogens is 359 g/mol. The quantitative estimate of drug-likeness (QED) is 0.732. The lowest BCUT2D eigenvalue weighted by molar-refractivity contribution is 0.0591. The number of aromatic nitrogens is 2.